The van der Waals surface area contributed by atoms with E-state index in [-0.39, 0.29) is 5.97 Å². The molecule has 0 amide bonds. The molecule has 0 saturated heterocycles. The van der Waals surface area contributed by atoms with E-state index in [1.807, 2.05) is 24.3 Å². The molecule has 0 aliphatic heterocycles. The molecule has 3 nitrogen and oxygen atoms in total. The number of thioether (sulfide) groups is 1. The van der Waals surface area contributed by atoms with Crippen LogP contribution in [0.5, 0.6) is 0 Å². The summed E-state index contributed by atoms with van der Waals surface area (Å²) in [6.07, 6.45) is 0.618. The quantitative estimate of drug-likeness (QED) is 0.670. The Bertz CT molecular complexity index is 342. The highest BCUT2D eigenvalue weighted by atomic mass is 79.9. The highest BCUT2D eigenvalue weighted by Gasteiger charge is 2.12. The largest absolute Gasteiger partial charge is 0.468 e. The number of esters is 1. The van der Waals surface area contributed by atoms with Crippen LogP contribution in [0.2, 0.25) is 0 Å². The van der Waals surface area contributed by atoms with Gasteiger partial charge in [0.15, 0.2) is 0 Å². The number of ether oxygens (including phenoxy) is 1. The second-order valence-electron chi connectivity index (χ2n) is 3.22. The van der Waals surface area contributed by atoms with Crippen LogP contribution in [0.1, 0.15) is 6.42 Å². The van der Waals surface area contributed by atoms with Crippen molar-refractivity contribution in [1.29, 1.82) is 0 Å². The number of methoxy groups -OCH3 is 1. The maximum atomic E-state index is 11.0. The van der Waals surface area contributed by atoms with Crippen molar-refractivity contribution in [2.24, 2.45) is 5.73 Å². The highest BCUT2D eigenvalue weighted by molar-refractivity contribution is 9.10. The molecule has 0 aliphatic carbocycles. The molecular formula is C11H14BrNO2S. The average molecular weight is 304 g/mol. The summed E-state index contributed by atoms with van der Waals surface area (Å²) in [5.74, 6) is 0.453. The van der Waals surface area contributed by atoms with E-state index in [1.54, 1.807) is 11.8 Å². The molecule has 1 unspecified atom stereocenters. The number of carbonyl (C=O) groups excluding carboxylic acids is 1. The van der Waals surface area contributed by atoms with Gasteiger partial charge < -0.3 is 10.5 Å². The van der Waals surface area contributed by atoms with Gasteiger partial charge in [-0.3, -0.25) is 4.79 Å². The number of hydrogen-bond acceptors (Lipinski definition) is 4. The Kier molecular flexibility index (Phi) is 5.87. The van der Waals surface area contributed by atoms with Crippen molar-refractivity contribution in [2.75, 3.05) is 12.9 Å². The summed E-state index contributed by atoms with van der Waals surface area (Å²) < 4.78 is 5.61. The fraction of sp³-hybridized carbons (Fsp3) is 0.364. The van der Waals surface area contributed by atoms with Crippen LogP contribution in [-0.2, 0) is 9.53 Å². The third kappa shape index (κ3) is 4.55. The van der Waals surface area contributed by atoms with E-state index < -0.39 is 6.04 Å². The number of nitrogens with two attached hydrogens (primary N) is 1. The van der Waals surface area contributed by atoms with E-state index >= 15 is 0 Å². The Hall–Kier alpha value is -0.520. The monoisotopic (exact) mass is 303 g/mol. The molecule has 5 heteroatoms. The van der Waals surface area contributed by atoms with Crippen molar-refractivity contribution >= 4 is 33.7 Å². The molecule has 0 spiro atoms. The molecule has 0 heterocycles. The van der Waals surface area contributed by atoms with E-state index in [0.717, 1.165) is 10.2 Å². The van der Waals surface area contributed by atoms with E-state index in [1.165, 1.54) is 12.0 Å². The Morgan fingerprint density at radius 3 is 2.69 bits per heavy atom. The number of carbonyl (C=O) groups is 1. The van der Waals surface area contributed by atoms with Gasteiger partial charge in [-0.2, -0.15) is 0 Å². The summed E-state index contributed by atoms with van der Waals surface area (Å²) in [5.41, 5.74) is 5.62. The molecule has 16 heavy (non-hydrogen) atoms. The van der Waals surface area contributed by atoms with Crippen LogP contribution < -0.4 is 5.73 Å². The Morgan fingerprint density at radius 2 is 2.12 bits per heavy atom. The first kappa shape index (κ1) is 13.5. The third-order valence-electron chi connectivity index (χ3n) is 2.02. The SMILES string of the molecule is COC(=O)C(N)CCSc1ccc(Br)cc1. The Labute approximate surface area is 108 Å². The van der Waals surface area contributed by atoms with Gasteiger partial charge in [-0.05, 0) is 30.7 Å². The molecule has 0 saturated carbocycles. The first-order valence-corrected chi connectivity index (χ1v) is 6.63. The van der Waals surface area contributed by atoms with Crippen LogP contribution in [-0.4, -0.2) is 24.9 Å². The van der Waals surface area contributed by atoms with Gasteiger partial charge in [0.1, 0.15) is 6.04 Å². The van der Waals surface area contributed by atoms with Crippen LogP contribution in [0.15, 0.2) is 33.6 Å². The summed E-state index contributed by atoms with van der Waals surface area (Å²) in [6.45, 7) is 0. The van der Waals surface area contributed by atoms with Crippen molar-refractivity contribution < 1.29 is 9.53 Å². The summed E-state index contributed by atoms with van der Waals surface area (Å²) >= 11 is 5.05. The molecule has 0 aromatic heterocycles. The lowest BCUT2D eigenvalue weighted by Gasteiger charge is -2.08. The van der Waals surface area contributed by atoms with Gasteiger partial charge in [-0.15, -0.1) is 11.8 Å². The van der Waals surface area contributed by atoms with Crippen LogP contribution in [0, 0.1) is 0 Å². The van der Waals surface area contributed by atoms with Gasteiger partial charge in [-0.1, -0.05) is 15.9 Å². The minimum absolute atomic E-state index is 0.351. The molecule has 0 aliphatic rings. The lowest BCUT2D eigenvalue weighted by molar-refractivity contribution is -0.142. The summed E-state index contributed by atoms with van der Waals surface area (Å²) in [5, 5.41) is 0. The second-order valence-corrected chi connectivity index (χ2v) is 5.30. The van der Waals surface area contributed by atoms with Gasteiger partial charge >= 0.3 is 5.97 Å². The average Bonchev–Trinajstić information content (AvgIpc) is 2.30. The van der Waals surface area contributed by atoms with Crippen LogP contribution in [0.4, 0.5) is 0 Å². The fourth-order valence-electron chi connectivity index (χ4n) is 1.10. The highest BCUT2D eigenvalue weighted by Crippen LogP contribution is 2.21. The molecule has 1 rings (SSSR count). The van der Waals surface area contributed by atoms with Gasteiger partial charge in [0, 0.05) is 15.1 Å². The summed E-state index contributed by atoms with van der Waals surface area (Å²) in [4.78, 5) is 12.2. The molecule has 1 atom stereocenters. The molecule has 0 bridgehead atoms. The van der Waals surface area contributed by atoms with Crippen molar-refractivity contribution in [2.45, 2.75) is 17.4 Å². The minimum atomic E-state index is -0.520. The Morgan fingerprint density at radius 1 is 1.50 bits per heavy atom. The van der Waals surface area contributed by atoms with Crippen LogP contribution in [0.3, 0.4) is 0 Å². The van der Waals surface area contributed by atoms with Crippen molar-refractivity contribution in [3.05, 3.63) is 28.7 Å². The predicted molar refractivity (Wildman–Crippen MR) is 69.5 cm³/mol. The maximum absolute atomic E-state index is 11.0. The van der Waals surface area contributed by atoms with E-state index in [9.17, 15) is 4.79 Å². The maximum Gasteiger partial charge on any atom is 0.322 e. The van der Waals surface area contributed by atoms with Crippen molar-refractivity contribution in [3.63, 3.8) is 0 Å². The van der Waals surface area contributed by atoms with Gasteiger partial charge in [0.05, 0.1) is 7.11 Å². The van der Waals surface area contributed by atoms with Gasteiger partial charge in [0.25, 0.3) is 0 Å². The zero-order valence-corrected chi connectivity index (χ0v) is 11.4. The summed E-state index contributed by atoms with van der Waals surface area (Å²) in [6, 6.07) is 7.51. The fourth-order valence-corrected chi connectivity index (χ4v) is 2.30. The smallest absolute Gasteiger partial charge is 0.322 e. The van der Waals surface area contributed by atoms with E-state index in [2.05, 4.69) is 20.7 Å². The first-order chi connectivity index (χ1) is 7.63. The Balaban J connectivity index is 2.30. The van der Waals surface area contributed by atoms with Crippen molar-refractivity contribution in [1.82, 2.24) is 0 Å². The molecule has 88 valence electrons. The predicted octanol–water partition coefficient (Wildman–Crippen LogP) is 2.43. The van der Waals surface area contributed by atoms with E-state index in [0.29, 0.717) is 6.42 Å². The zero-order chi connectivity index (χ0) is 12.0. The molecule has 0 radical (unpaired) electrons. The molecular weight excluding hydrogens is 290 g/mol. The number of rotatable bonds is 5. The number of halogens is 1. The lowest BCUT2D eigenvalue weighted by atomic mass is 10.2. The van der Waals surface area contributed by atoms with Crippen LogP contribution in [0.25, 0.3) is 0 Å². The van der Waals surface area contributed by atoms with Crippen LogP contribution >= 0.6 is 27.7 Å². The normalized spacial score (nSPS) is 12.2. The van der Waals surface area contributed by atoms with Crippen molar-refractivity contribution in [3.8, 4) is 0 Å². The van der Waals surface area contributed by atoms with Gasteiger partial charge in [-0.25, -0.2) is 0 Å². The zero-order valence-electron chi connectivity index (χ0n) is 8.98. The standard InChI is InChI=1S/C11H14BrNO2S/c1-15-11(14)10(13)6-7-16-9-4-2-8(12)3-5-9/h2-5,10H,6-7,13H2,1H3. The minimum Gasteiger partial charge on any atom is -0.468 e. The second kappa shape index (κ2) is 6.93. The number of benzene rings is 1. The lowest BCUT2D eigenvalue weighted by Crippen LogP contribution is -2.31. The molecule has 0 fully saturated rings. The third-order valence-corrected chi connectivity index (χ3v) is 3.59. The molecule has 1 aromatic carbocycles. The molecule has 2 N–H and O–H groups in total. The van der Waals surface area contributed by atoms with E-state index in [4.69, 9.17) is 5.73 Å². The first-order valence-electron chi connectivity index (χ1n) is 4.85. The number of hydrogen-bond donors (Lipinski definition) is 1. The van der Waals surface area contributed by atoms with Gasteiger partial charge in [0.2, 0.25) is 0 Å². The topological polar surface area (TPSA) is 52.3 Å². The molecule has 1 aromatic rings. The summed E-state index contributed by atoms with van der Waals surface area (Å²) in [7, 11) is 1.35.